The van der Waals surface area contributed by atoms with Crippen molar-refractivity contribution >= 4 is 17.6 Å². The number of rotatable bonds is 3. The van der Waals surface area contributed by atoms with Crippen molar-refractivity contribution in [2.24, 2.45) is 5.92 Å². The third-order valence-electron chi connectivity index (χ3n) is 3.00. The Kier molecular flexibility index (Phi) is 4.11. The highest BCUT2D eigenvalue weighted by Crippen LogP contribution is 2.20. The van der Waals surface area contributed by atoms with E-state index in [0.29, 0.717) is 19.6 Å². The van der Waals surface area contributed by atoms with Crippen molar-refractivity contribution in [3.63, 3.8) is 0 Å². The van der Waals surface area contributed by atoms with Crippen LogP contribution in [-0.2, 0) is 9.53 Å². The molecule has 0 aliphatic carbocycles. The molecule has 0 aromatic heterocycles. The standard InChI is InChI=1S/C13H14FNO4/c14-9-3-4-10(13(17)18)11(6-9)15-12(16)8-2-1-5-19-7-8/h3-4,6,8H,1-2,5,7H2,(H,15,16)(H,17,18). The Morgan fingerprint density at radius 2 is 2.21 bits per heavy atom. The van der Waals surface area contributed by atoms with Gasteiger partial charge in [0.2, 0.25) is 5.91 Å². The number of carboxylic acids is 1. The van der Waals surface area contributed by atoms with Crippen LogP contribution >= 0.6 is 0 Å². The maximum atomic E-state index is 13.1. The molecular formula is C13H14FNO4. The van der Waals surface area contributed by atoms with Crippen LogP contribution in [0.25, 0.3) is 0 Å². The zero-order valence-corrected chi connectivity index (χ0v) is 10.2. The highest BCUT2D eigenvalue weighted by atomic mass is 19.1. The van der Waals surface area contributed by atoms with Crippen molar-refractivity contribution in [1.29, 1.82) is 0 Å². The zero-order valence-electron chi connectivity index (χ0n) is 10.2. The van der Waals surface area contributed by atoms with Crippen molar-refractivity contribution in [1.82, 2.24) is 0 Å². The summed E-state index contributed by atoms with van der Waals surface area (Å²) < 4.78 is 18.3. The number of anilines is 1. The quantitative estimate of drug-likeness (QED) is 0.876. The molecule has 102 valence electrons. The van der Waals surface area contributed by atoms with Gasteiger partial charge in [-0.2, -0.15) is 0 Å². The van der Waals surface area contributed by atoms with Gasteiger partial charge >= 0.3 is 5.97 Å². The Labute approximate surface area is 109 Å². The van der Waals surface area contributed by atoms with Crippen LogP contribution in [0.5, 0.6) is 0 Å². The first-order valence-corrected chi connectivity index (χ1v) is 5.99. The second kappa shape index (κ2) is 5.79. The highest BCUT2D eigenvalue weighted by Gasteiger charge is 2.23. The van der Waals surface area contributed by atoms with E-state index in [1.165, 1.54) is 0 Å². The molecule has 1 unspecified atom stereocenters. The van der Waals surface area contributed by atoms with Gasteiger partial charge in [-0.15, -0.1) is 0 Å². The van der Waals surface area contributed by atoms with E-state index in [1.807, 2.05) is 0 Å². The molecule has 1 aliphatic rings. The summed E-state index contributed by atoms with van der Waals surface area (Å²) in [7, 11) is 0. The largest absolute Gasteiger partial charge is 0.478 e. The number of amides is 1. The summed E-state index contributed by atoms with van der Waals surface area (Å²) in [5, 5.41) is 11.4. The average molecular weight is 267 g/mol. The van der Waals surface area contributed by atoms with E-state index >= 15 is 0 Å². The van der Waals surface area contributed by atoms with Gasteiger partial charge in [-0.3, -0.25) is 4.79 Å². The van der Waals surface area contributed by atoms with Crippen LogP contribution in [0, 0.1) is 11.7 Å². The van der Waals surface area contributed by atoms with E-state index in [9.17, 15) is 14.0 Å². The Hall–Kier alpha value is -1.95. The summed E-state index contributed by atoms with van der Waals surface area (Å²) in [4.78, 5) is 22.9. The van der Waals surface area contributed by atoms with Gasteiger partial charge in [-0.1, -0.05) is 0 Å². The Morgan fingerprint density at radius 1 is 1.42 bits per heavy atom. The summed E-state index contributed by atoms with van der Waals surface area (Å²) in [5.74, 6) is -2.47. The molecule has 2 rings (SSSR count). The van der Waals surface area contributed by atoms with Crippen LogP contribution in [0.15, 0.2) is 18.2 Å². The number of carbonyl (C=O) groups is 2. The first-order valence-electron chi connectivity index (χ1n) is 5.99. The number of halogens is 1. The fourth-order valence-electron chi connectivity index (χ4n) is 1.99. The monoisotopic (exact) mass is 267 g/mol. The smallest absolute Gasteiger partial charge is 0.337 e. The van der Waals surface area contributed by atoms with Gasteiger partial charge in [0.25, 0.3) is 0 Å². The van der Waals surface area contributed by atoms with Crippen molar-refractivity contribution in [2.45, 2.75) is 12.8 Å². The van der Waals surface area contributed by atoms with Crippen molar-refractivity contribution in [3.05, 3.63) is 29.6 Å². The maximum Gasteiger partial charge on any atom is 0.337 e. The van der Waals surface area contributed by atoms with Crippen LogP contribution in [0.3, 0.4) is 0 Å². The van der Waals surface area contributed by atoms with Gasteiger partial charge in [0, 0.05) is 6.61 Å². The van der Waals surface area contributed by atoms with Gasteiger partial charge in [-0.25, -0.2) is 9.18 Å². The molecule has 1 aromatic carbocycles. The summed E-state index contributed by atoms with van der Waals surface area (Å²) in [6.45, 7) is 0.938. The molecule has 0 bridgehead atoms. The van der Waals surface area contributed by atoms with Gasteiger partial charge < -0.3 is 15.2 Å². The fourth-order valence-corrected chi connectivity index (χ4v) is 1.99. The van der Waals surface area contributed by atoms with Crippen LogP contribution in [0.2, 0.25) is 0 Å². The number of carboxylic acid groups (broad SMARTS) is 1. The molecule has 1 fully saturated rings. The van der Waals surface area contributed by atoms with Gasteiger partial charge in [-0.05, 0) is 31.0 Å². The van der Waals surface area contributed by atoms with Gasteiger partial charge in [0.15, 0.2) is 0 Å². The van der Waals surface area contributed by atoms with Crippen LogP contribution in [0.4, 0.5) is 10.1 Å². The Bertz CT molecular complexity index is 497. The summed E-state index contributed by atoms with van der Waals surface area (Å²) >= 11 is 0. The zero-order chi connectivity index (χ0) is 13.8. The summed E-state index contributed by atoms with van der Waals surface area (Å²) in [6, 6.07) is 3.18. The minimum Gasteiger partial charge on any atom is -0.478 e. The third-order valence-corrected chi connectivity index (χ3v) is 3.00. The lowest BCUT2D eigenvalue weighted by Gasteiger charge is -2.21. The summed E-state index contributed by atoms with van der Waals surface area (Å²) in [5.41, 5.74) is -0.158. The number of carbonyl (C=O) groups excluding carboxylic acids is 1. The molecule has 1 aromatic rings. The molecule has 1 aliphatic heterocycles. The number of ether oxygens (including phenoxy) is 1. The number of aromatic carboxylic acids is 1. The normalized spacial score (nSPS) is 18.9. The number of hydrogen-bond acceptors (Lipinski definition) is 3. The van der Waals surface area contributed by atoms with E-state index in [-0.39, 0.29) is 23.1 Å². The first-order chi connectivity index (χ1) is 9.08. The predicted molar refractivity (Wildman–Crippen MR) is 65.5 cm³/mol. The highest BCUT2D eigenvalue weighted by molar-refractivity contribution is 6.01. The van der Waals surface area contributed by atoms with Crippen molar-refractivity contribution in [3.8, 4) is 0 Å². The lowest BCUT2D eigenvalue weighted by atomic mass is 10.0. The molecule has 19 heavy (non-hydrogen) atoms. The molecule has 0 spiro atoms. The van der Waals surface area contributed by atoms with E-state index in [4.69, 9.17) is 9.84 Å². The van der Waals surface area contributed by atoms with E-state index in [2.05, 4.69) is 5.32 Å². The SMILES string of the molecule is O=C(O)c1ccc(F)cc1NC(=O)C1CCCOC1. The molecule has 1 heterocycles. The topological polar surface area (TPSA) is 75.6 Å². The molecule has 0 saturated carbocycles. The van der Waals surface area contributed by atoms with E-state index in [0.717, 1.165) is 24.6 Å². The number of hydrogen-bond donors (Lipinski definition) is 2. The second-order valence-electron chi connectivity index (χ2n) is 4.40. The molecule has 1 saturated heterocycles. The lowest BCUT2D eigenvalue weighted by Crippen LogP contribution is -2.30. The number of benzene rings is 1. The molecule has 1 amide bonds. The van der Waals surface area contributed by atoms with Crippen LogP contribution < -0.4 is 5.32 Å². The Morgan fingerprint density at radius 3 is 2.84 bits per heavy atom. The van der Waals surface area contributed by atoms with Crippen molar-refractivity contribution in [2.75, 3.05) is 18.5 Å². The predicted octanol–water partition coefficient (Wildman–Crippen LogP) is 1.89. The molecule has 0 radical (unpaired) electrons. The lowest BCUT2D eigenvalue weighted by molar-refractivity contribution is -0.123. The van der Waals surface area contributed by atoms with Gasteiger partial charge in [0.05, 0.1) is 23.8 Å². The van der Waals surface area contributed by atoms with Crippen LogP contribution in [-0.4, -0.2) is 30.2 Å². The van der Waals surface area contributed by atoms with Crippen LogP contribution in [0.1, 0.15) is 23.2 Å². The fraction of sp³-hybridized carbons (Fsp3) is 0.385. The second-order valence-corrected chi connectivity index (χ2v) is 4.40. The third kappa shape index (κ3) is 3.29. The number of nitrogens with one attached hydrogen (secondary N) is 1. The Balaban J connectivity index is 2.15. The molecule has 1 atom stereocenters. The molecule has 5 nitrogen and oxygen atoms in total. The average Bonchev–Trinajstić information content (AvgIpc) is 2.39. The molecule has 2 N–H and O–H groups in total. The minimum absolute atomic E-state index is 0.0249. The molecular weight excluding hydrogens is 253 g/mol. The van der Waals surface area contributed by atoms with Crippen molar-refractivity contribution < 1.29 is 23.8 Å². The maximum absolute atomic E-state index is 13.1. The van der Waals surface area contributed by atoms with Gasteiger partial charge in [0.1, 0.15) is 5.82 Å². The minimum atomic E-state index is -1.21. The first kappa shape index (κ1) is 13.5. The van der Waals surface area contributed by atoms with E-state index < -0.39 is 11.8 Å². The summed E-state index contributed by atoms with van der Waals surface area (Å²) in [6.07, 6.45) is 1.47. The molecule has 6 heteroatoms. The van der Waals surface area contributed by atoms with E-state index in [1.54, 1.807) is 0 Å².